The summed E-state index contributed by atoms with van der Waals surface area (Å²) in [6.45, 7) is 5.16. The summed E-state index contributed by atoms with van der Waals surface area (Å²) in [4.78, 5) is 15.5. The van der Waals surface area contributed by atoms with E-state index >= 15 is 0 Å². The molecule has 3 aromatic rings. The van der Waals surface area contributed by atoms with Crippen LogP contribution in [0.25, 0.3) is 0 Å². The summed E-state index contributed by atoms with van der Waals surface area (Å²) < 4.78 is 21.3. The second kappa shape index (κ2) is 12.0. The summed E-state index contributed by atoms with van der Waals surface area (Å²) in [6.07, 6.45) is 0.760. The molecule has 3 unspecified atom stereocenters. The van der Waals surface area contributed by atoms with E-state index in [0.717, 1.165) is 11.1 Å². The number of hydrogen-bond donors (Lipinski definition) is 2. The van der Waals surface area contributed by atoms with Crippen LogP contribution in [0.3, 0.4) is 0 Å². The maximum Gasteiger partial charge on any atom is 0.350 e. The highest BCUT2D eigenvalue weighted by Crippen LogP contribution is 2.42. The standard InChI is InChI=1S/C17H20FN3O2S.C8H10O/c1-11-2-4-12(5-3-11)9-23-10-13-8-14(18)16(24-13)21-7-6-15(19)20-17(21)22;1-7-2-4-8(6-9)5-3-7/h2-7,13-14,16H,8-10H2,1H3,(H2,19,20,22);2-5,9H,6H2,1H3. The lowest BCUT2D eigenvalue weighted by molar-refractivity contribution is 0.117. The van der Waals surface area contributed by atoms with Crippen LogP contribution in [0.4, 0.5) is 10.2 Å². The lowest BCUT2D eigenvalue weighted by atomic mass is 10.2. The zero-order chi connectivity index (χ0) is 23.8. The fourth-order valence-electron chi connectivity index (χ4n) is 3.36. The van der Waals surface area contributed by atoms with Crippen LogP contribution in [-0.2, 0) is 18.0 Å². The van der Waals surface area contributed by atoms with Gasteiger partial charge in [0, 0.05) is 11.4 Å². The van der Waals surface area contributed by atoms with E-state index in [1.54, 1.807) is 0 Å². The number of aliphatic hydroxyl groups excluding tert-OH is 1. The van der Waals surface area contributed by atoms with Crippen molar-refractivity contribution >= 4 is 17.6 Å². The van der Waals surface area contributed by atoms with Gasteiger partial charge in [0.25, 0.3) is 0 Å². The molecule has 176 valence electrons. The number of aryl methyl sites for hydroxylation is 2. The third-order valence-corrected chi connectivity index (χ3v) is 6.77. The summed E-state index contributed by atoms with van der Waals surface area (Å²) in [5.41, 5.74) is 9.46. The first-order valence-electron chi connectivity index (χ1n) is 10.8. The van der Waals surface area contributed by atoms with Crippen LogP contribution in [0.15, 0.2) is 65.6 Å². The van der Waals surface area contributed by atoms with Gasteiger partial charge in [-0.3, -0.25) is 4.57 Å². The first kappa shape index (κ1) is 25.0. The normalized spacial score (nSPS) is 19.7. The molecule has 1 aromatic heterocycles. The highest BCUT2D eigenvalue weighted by Gasteiger charge is 2.37. The van der Waals surface area contributed by atoms with Gasteiger partial charge in [0.15, 0.2) is 0 Å². The number of nitrogen functional groups attached to an aromatic ring is 1. The number of nitrogens with two attached hydrogens (primary N) is 1. The third-order valence-electron chi connectivity index (χ3n) is 5.25. The number of nitrogens with zero attached hydrogens (tertiary/aromatic N) is 2. The monoisotopic (exact) mass is 471 g/mol. The predicted octanol–water partition coefficient (Wildman–Crippen LogP) is 4.18. The van der Waals surface area contributed by atoms with Crippen molar-refractivity contribution in [2.24, 2.45) is 0 Å². The molecule has 33 heavy (non-hydrogen) atoms. The Morgan fingerprint density at radius 2 is 1.70 bits per heavy atom. The number of thioether (sulfide) groups is 1. The molecule has 1 aliphatic rings. The highest BCUT2D eigenvalue weighted by atomic mass is 32.2. The zero-order valence-electron chi connectivity index (χ0n) is 18.9. The molecular weight excluding hydrogens is 441 g/mol. The second-order valence-electron chi connectivity index (χ2n) is 8.09. The van der Waals surface area contributed by atoms with Gasteiger partial charge in [0.1, 0.15) is 17.4 Å². The van der Waals surface area contributed by atoms with E-state index in [1.807, 2.05) is 62.4 Å². The number of rotatable bonds is 6. The van der Waals surface area contributed by atoms with Gasteiger partial charge >= 0.3 is 5.69 Å². The average Bonchev–Trinajstić information content (AvgIpc) is 3.16. The summed E-state index contributed by atoms with van der Waals surface area (Å²) >= 11 is 1.41. The second-order valence-corrected chi connectivity index (χ2v) is 9.51. The fraction of sp³-hybridized carbons (Fsp3) is 0.360. The number of anilines is 1. The maximum atomic E-state index is 14.3. The molecule has 2 heterocycles. The number of aromatic nitrogens is 2. The van der Waals surface area contributed by atoms with E-state index in [0.29, 0.717) is 19.6 Å². The van der Waals surface area contributed by atoms with Crippen molar-refractivity contribution in [3.63, 3.8) is 0 Å². The Morgan fingerprint density at radius 3 is 2.27 bits per heavy atom. The molecule has 3 N–H and O–H groups in total. The van der Waals surface area contributed by atoms with Crippen molar-refractivity contribution in [3.05, 3.63) is 93.5 Å². The first-order chi connectivity index (χ1) is 15.9. The van der Waals surface area contributed by atoms with Crippen molar-refractivity contribution in [3.8, 4) is 0 Å². The Balaban J connectivity index is 0.000000286. The van der Waals surface area contributed by atoms with Gasteiger partial charge in [-0.25, -0.2) is 9.18 Å². The molecule has 0 bridgehead atoms. The van der Waals surface area contributed by atoms with Crippen molar-refractivity contribution in [2.75, 3.05) is 12.3 Å². The molecule has 8 heteroatoms. The molecule has 1 fully saturated rings. The minimum absolute atomic E-state index is 0.0138. The Labute approximate surface area is 197 Å². The molecule has 0 saturated carbocycles. The van der Waals surface area contributed by atoms with E-state index < -0.39 is 17.2 Å². The highest BCUT2D eigenvalue weighted by molar-refractivity contribution is 8.00. The van der Waals surface area contributed by atoms with E-state index in [2.05, 4.69) is 4.98 Å². The van der Waals surface area contributed by atoms with Crippen molar-refractivity contribution in [1.82, 2.24) is 9.55 Å². The maximum absolute atomic E-state index is 14.3. The smallest absolute Gasteiger partial charge is 0.350 e. The van der Waals surface area contributed by atoms with Gasteiger partial charge in [-0.1, -0.05) is 59.7 Å². The van der Waals surface area contributed by atoms with Crippen LogP contribution in [0.5, 0.6) is 0 Å². The molecule has 1 saturated heterocycles. The van der Waals surface area contributed by atoms with Gasteiger partial charge in [0.2, 0.25) is 0 Å². The number of ether oxygens (including phenoxy) is 1. The molecule has 1 aliphatic heterocycles. The average molecular weight is 472 g/mol. The Morgan fingerprint density at radius 1 is 1.09 bits per heavy atom. The van der Waals surface area contributed by atoms with Crippen molar-refractivity contribution in [1.29, 1.82) is 0 Å². The zero-order valence-corrected chi connectivity index (χ0v) is 19.7. The largest absolute Gasteiger partial charge is 0.392 e. The molecule has 0 amide bonds. The number of aliphatic hydroxyl groups is 1. The number of hydrogen-bond acceptors (Lipinski definition) is 6. The lowest BCUT2D eigenvalue weighted by Crippen LogP contribution is -2.28. The van der Waals surface area contributed by atoms with Crippen LogP contribution in [0, 0.1) is 13.8 Å². The quantitative estimate of drug-likeness (QED) is 0.561. The lowest BCUT2D eigenvalue weighted by Gasteiger charge is -2.15. The Bertz CT molecular complexity index is 1070. The van der Waals surface area contributed by atoms with E-state index in [9.17, 15) is 9.18 Å². The van der Waals surface area contributed by atoms with Gasteiger partial charge in [-0.05, 0) is 37.5 Å². The van der Waals surface area contributed by atoms with Crippen LogP contribution in [0.1, 0.15) is 34.0 Å². The third kappa shape index (κ3) is 7.42. The Kier molecular flexibility index (Phi) is 9.05. The molecule has 0 radical (unpaired) electrons. The summed E-state index contributed by atoms with van der Waals surface area (Å²) in [7, 11) is 0. The number of alkyl halides is 1. The molecule has 0 aliphatic carbocycles. The van der Waals surface area contributed by atoms with Crippen molar-refractivity contribution in [2.45, 2.75) is 50.3 Å². The minimum Gasteiger partial charge on any atom is -0.392 e. The van der Waals surface area contributed by atoms with Crippen LogP contribution in [-0.4, -0.2) is 32.7 Å². The number of halogens is 1. The van der Waals surface area contributed by atoms with E-state index in [1.165, 1.54) is 39.7 Å². The molecule has 3 atom stereocenters. The van der Waals surface area contributed by atoms with E-state index in [4.69, 9.17) is 15.6 Å². The fourth-order valence-corrected chi connectivity index (χ4v) is 4.80. The SMILES string of the molecule is Cc1ccc(CO)cc1.Cc1ccc(COCC2CC(F)C(n3ccc(N)nc3=O)S2)cc1. The van der Waals surface area contributed by atoms with E-state index in [-0.39, 0.29) is 17.7 Å². The van der Waals surface area contributed by atoms with Gasteiger partial charge < -0.3 is 15.6 Å². The van der Waals surface area contributed by atoms with Crippen LogP contribution < -0.4 is 11.4 Å². The molecule has 2 aromatic carbocycles. The van der Waals surface area contributed by atoms with Crippen LogP contribution >= 0.6 is 11.8 Å². The number of benzene rings is 2. The Hall–Kier alpha value is -2.68. The summed E-state index contributed by atoms with van der Waals surface area (Å²) in [6, 6.07) is 17.5. The summed E-state index contributed by atoms with van der Waals surface area (Å²) in [5, 5.41) is 8.07. The van der Waals surface area contributed by atoms with Crippen molar-refractivity contribution < 1.29 is 14.2 Å². The molecule has 0 spiro atoms. The first-order valence-corrected chi connectivity index (χ1v) is 11.7. The van der Waals surface area contributed by atoms with Gasteiger partial charge in [-0.15, -0.1) is 11.8 Å². The topological polar surface area (TPSA) is 90.4 Å². The van der Waals surface area contributed by atoms with Gasteiger partial charge in [0.05, 0.1) is 19.8 Å². The molecular formula is C25H30FN3O3S. The molecule has 4 rings (SSSR count). The summed E-state index contributed by atoms with van der Waals surface area (Å²) in [5.74, 6) is 0.146. The van der Waals surface area contributed by atoms with Crippen LogP contribution in [0.2, 0.25) is 0 Å². The van der Waals surface area contributed by atoms with Gasteiger partial charge in [-0.2, -0.15) is 4.98 Å². The minimum atomic E-state index is -1.11. The predicted molar refractivity (Wildman–Crippen MR) is 131 cm³/mol. The molecule has 6 nitrogen and oxygen atoms in total.